The van der Waals surface area contributed by atoms with Gasteiger partial charge in [-0.3, -0.25) is 4.90 Å². The van der Waals surface area contributed by atoms with Gasteiger partial charge < -0.3 is 19.1 Å². The Bertz CT molecular complexity index is 882. The molecule has 380 valence electrons. The molecule has 0 atom stereocenters. The van der Waals surface area contributed by atoms with Gasteiger partial charge in [-0.15, -0.1) is 0 Å². The Kier molecular flexibility index (Phi) is 47.3. The molecule has 1 heterocycles. The summed E-state index contributed by atoms with van der Waals surface area (Å²) in [7, 11) is 0. The topological polar surface area (TPSA) is 34.2 Å². The van der Waals surface area contributed by atoms with Crippen LogP contribution >= 0.6 is 24.4 Å². The van der Waals surface area contributed by atoms with E-state index in [9.17, 15) is 0 Å². The molecule has 0 aliphatic carbocycles. The largest absolute Gasteiger partial charge is 0.484 e. The van der Waals surface area contributed by atoms with Gasteiger partial charge >= 0.3 is 0 Å². The number of nitrogens with zero attached hydrogens (tertiary/aromatic N) is 2. The zero-order valence-corrected chi connectivity index (χ0v) is 45.4. The van der Waals surface area contributed by atoms with Crippen molar-refractivity contribution in [2.45, 2.75) is 303 Å². The van der Waals surface area contributed by atoms with Gasteiger partial charge in [0.1, 0.15) is 0 Å². The molecular weight excluding hydrogens is 825 g/mol. The van der Waals surface area contributed by atoms with Crippen LogP contribution in [-0.4, -0.2) is 84.6 Å². The molecule has 0 unspecified atom stereocenters. The lowest BCUT2D eigenvalue weighted by Gasteiger charge is -2.28. The third-order valence-electron chi connectivity index (χ3n) is 13.9. The zero-order valence-electron chi connectivity index (χ0n) is 43.7. The molecule has 0 saturated carbocycles. The van der Waals surface area contributed by atoms with Crippen molar-refractivity contribution in [3.63, 3.8) is 0 Å². The molecule has 1 rings (SSSR count). The number of hydrogen-bond donors (Lipinski definition) is 0. The Morgan fingerprint density at radius 3 is 1.06 bits per heavy atom. The predicted molar refractivity (Wildman–Crippen MR) is 291 cm³/mol. The van der Waals surface area contributed by atoms with Crippen LogP contribution in [0.4, 0.5) is 0 Å². The van der Waals surface area contributed by atoms with E-state index in [0.717, 1.165) is 49.2 Å². The van der Waals surface area contributed by atoms with Crippen molar-refractivity contribution in [3.8, 4) is 0 Å². The van der Waals surface area contributed by atoms with E-state index in [-0.39, 0.29) is 0 Å². The molecule has 1 aliphatic heterocycles. The second-order valence-corrected chi connectivity index (χ2v) is 21.0. The van der Waals surface area contributed by atoms with Crippen LogP contribution in [0.5, 0.6) is 0 Å². The van der Waals surface area contributed by atoms with Crippen LogP contribution in [0, 0.1) is 0 Å². The fraction of sp³-hybridized carbons (Fsp3) is 0.965. The summed E-state index contributed by atoms with van der Waals surface area (Å²) in [6.45, 7) is 18.1. The molecule has 1 aliphatic rings. The Morgan fingerprint density at radius 1 is 0.406 bits per heavy atom. The first-order chi connectivity index (χ1) is 31.5. The molecule has 64 heavy (non-hydrogen) atoms. The summed E-state index contributed by atoms with van der Waals surface area (Å²) in [5.74, 6) is 0. The summed E-state index contributed by atoms with van der Waals surface area (Å²) in [5, 5.41) is 1.77. The molecule has 0 aromatic carbocycles. The van der Waals surface area contributed by atoms with Crippen molar-refractivity contribution in [2.24, 2.45) is 0 Å². The highest BCUT2D eigenvalue weighted by Gasteiger charge is 2.15. The van der Waals surface area contributed by atoms with Gasteiger partial charge in [0.15, 0.2) is 10.1 Å². The van der Waals surface area contributed by atoms with Crippen LogP contribution in [-0.2, 0) is 14.2 Å². The fourth-order valence-corrected chi connectivity index (χ4v) is 10.1. The third kappa shape index (κ3) is 41.8. The molecule has 7 heteroatoms. The molecule has 0 radical (unpaired) electrons. The molecule has 0 aromatic heterocycles. The van der Waals surface area contributed by atoms with Crippen LogP contribution in [0.25, 0.3) is 0 Å². The summed E-state index contributed by atoms with van der Waals surface area (Å²) in [6.07, 6.45) is 53.8. The lowest BCUT2D eigenvalue weighted by molar-refractivity contribution is 0.0360. The van der Waals surface area contributed by atoms with Crippen molar-refractivity contribution >= 4 is 34.5 Å². The van der Waals surface area contributed by atoms with Crippen LogP contribution in [0.15, 0.2) is 0 Å². The highest BCUT2D eigenvalue weighted by atomic mass is 32.1. The molecule has 0 amide bonds. The van der Waals surface area contributed by atoms with Crippen molar-refractivity contribution in [2.75, 3.05) is 52.5 Å². The monoisotopic (exact) mass is 937 g/mol. The Morgan fingerprint density at radius 2 is 0.703 bits per heavy atom. The molecule has 0 aromatic rings. The van der Waals surface area contributed by atoms with Gasteiger partial charge in [0.25, 0.3) is 0 Å². The Labute approximate surface area is 412 Å². The highest BCUT2D eigenvalue weighted by molar-refractivity contribution is 7.80. The minimum Gasteiger partial charge on any atom is -0.484 e. The first kappa shape index (κ1) is 61.7. The van der Waals surface area contributed by atoms with Gasteiger partial charge in [-0.2, -0.15) is 0 Å². The summed E-state index contributed by atoms with van der Waals surface area (Å²) < 4.78 is 18.6. The quantitative estimate of drug-likeness (QED) is 0.0444. The minimum atomic E-state index is 0.341. The van der Waals surface area contributed by atoms with Gasteiger partial charge in [-0.1, -0.05) is 195 Å². The van der Waals surface area contributed by atoms with E-state index in [1.165, 1.54) is 277 Å². The molecule has 1 saturated heterocycles. The van der Waals surface area contributed by atoms with E-state index in [2.05, 4.69) is 37.5 Å². The molecule has 1 fully saturated rings. The first-order valence-electron chi connectivity index (χ1n) is 28.9. The van der Waals surface area contributed by atoms with Crippen molar-refractivity contribution < 1.29 is 14.2 Å². The predicted octanol–water partition coefficient (Wildman–Crippen LogP) is 18.1. The molecule has 0 N–H and O–H groups in total. The van der Waals surface area contributed by atoms with Crippen LogP contribution < -0.4 is 0 Å². The van der Waals surface area contributed by atoms with Gasteiger partial charge in [-0.25, -0.2) is 0 Å². The Hall–Kier alpha value is -0.340. The van der Waals surface area contributed by atoms with Crippen LogP contribution in [0.1, 0.15) is 291 Å². The van der Waals surface area contributed by atoms with Crippen LogP contribution in [0.2, 0.25) is 0 Å². The summed E-state index contributed by atoms with van der Waals surface area (Å²) in [4.78, 5) is 5.38. The summed E-state index contributed by atoms with van der Waals surface area (Å²) in [5.41, 5.74) is 0. The van der Waals surface area contributed by atoms with Gasteiger partial charge in [0.2, 0.25) is 0 Å². The van der Waals surface area contributed by atoms with E-state index in [1.807, 2.05) is 0 Å². The van der Waals surface area contributed by atoms with Gasteiger partial charge in [0.05, 0.1) is 25.4 Å². The van der Waals surface area contributed by atoms with E-state index >= 15 is 0 Å². The summed E-state index contributed by atoms with van der Waals surface area (Å²) in [6, 6.07) is 0. The highest BCUT2D eigenvalue weighted by Crippen LogP contribution is 2.21. The second kappa shape index (κ2) is 49.1. The maximum atomic E-state index is 6.49. The second-order valence-electron chi connectivity index (χ2n) is 20.1. The number of rotatable bonds is 50. The van der Waals surface area contributed by atoms with E-state index < -0.39 is 0 Å². The molecular formula is C57H112N2O3S2. The zero-order chi connectivity index (χ0) is 46.2. The lowest BCUT2D eigenvalue weighted by atomic mass is 10.0. The number of ether oxygens (including phenoxy) is 3. The lowest BCUT2D eigenvalue weighted by Crippen LogP contribution is -2.38. The van der Waals surface area contributed by atoms with Gasteiger partial charge in [-0.05, 0) is 134 Å². The number of thiocarbonyl (C=S) groups is 2. The van der Waals surface area contributed by atoms with Crippen molar-refractivity contribution in [3.05, 3.63) is 0 Å². The van der Waals surface area contributed by atoms with Crippen molar-refractivity contribution in [1.29, 1.82) is 0 Å². The molecule has 5 nitrogen and oxygen atoms in total. The molecule has 0 bridgehead atoms. The first-order valence-corrected chi connectivity index (χ1v) is 29.7. The van der Waals surface area contributed by atoms with Crippen molar-refractivity contribution in [1.82, 2.24) is 9.80 Å². The number of hydrogen-bond acceptors (Lipinski definition) is 7. The molecule has 0 spiro atoms. The standard InChI is InChI=1S/C57H112N2O3S2/c1-5-9-13-17-23-31-40-54(41-32-24-18-14-10-6-2)61-56(63)44-35-27-21-29-37-46-58(48-39-49-59-50-52-60-53-51-59)47-38-30-22-28-36-45-57(64)62-55(42-33-25-19-15-11-7-3)43-34-26-20-16-12-8-4/h54-55H,5-53H2,1-4H3. The minimum absolute atomic E-state index is 0.341. The average Bonchev–Trinajstić information content (AvgIpc) is 3.30. The van der Waals surface area contributed by atoms with Gasteiger partial charge in [0, 0.05) is 25.9 Å². The normalized spacial score (nSPS) is 13.5. The smallest absolute Gasteiger partial charge is 0.160 e. The van der Waals surface area contributed by atoms with E-state index in [4.69, 9.17) is 38.6 Å². The summed E-state index contributed by atoms with van der Waals surface area (Å²) >= 11 is 11.7. The van der Waals surface area contributed by atoms with Crippen LogP contribution in [0.3, 0.4) is 0 Å². The maximum absolute atomic E-state index is 6.49. The number of unbranched alkanes of at least 4 members (excludes halogenated alkanes) is 28. The average molecular weight is 938 g/mol. The fourth-order valence-electron chi connectivity index (χ4n) is 9.57. The number of morpholine rings is 1. The Balaban J connectivity index is 2.38. The van der Waals surface area contributed by atoms with E-state index in [1.54, 1.807) is 0 Å². The maximum Gasteiger partial charge on any atom is 0.160 e. The van der Waals surface area contributed by atoms with E-state index in [0.29, 0.717) is 12.2 Å². The SMILES string of the molecule is CCCCCCCCC(CCCCCCCC)OC(=S)CCCCCCCN(CCCCCCCC(=S)OC(CCCCCCCC)CCCCCCCC)CCCN1CCOCC1. The third-order valence-corrected chi connectivity index (χ3v) is 14.5.